The van der Waals surface area contributed by atoms with Crippen LogP contribution in [0.1, 0.15) is 28.4 Å². The van der Waals surface area contributed by atoms with Gasteiger partial charge in [0.15, 0.2) is 5.78 Å². The van der Waals surface area contributed by atoms with E-state index in [0.717, 1.165) is 5.56 Å². The lowest BCUT2D eigenvalue weighted by Gasteiger charge is -2.04. The number of halogens is 1. The van der Waals surface area contributed by atoms with Crippen LogP contribution in [0.25, 0.3) is 0 Å². The van der Waals surface area contributed by atoms with E-state index in [1.807, 2.05) is 30.3 Å². The molecule has 0 aromatic heterocycles. The van der Waals surface area contributed by atoms with Gasteiger partial charge in [-0.15, -0.1) is 0 Å². The molecule has 1 amide bonds. The summed E-state index contributed by atoms with van der Waals surface area (Å²) in [5.41, 5.74) is 1.39. The first-order valence-corrected chi connectivity index (χ1v) is 7.30. The Morgan fingerprint density at radius 1 is 1.17 bits per heavy atom. The number of carbonyl (C=O) groups is 2. The number of benzene rings is 2. The SMILES string of the molecule is CC(=O)c1cc(C#CCNC(=O)OCc2ccccc2)ccc1F. The number of Topliss-reactive ketones (excluding diaryl/α,β-unsaturated/α-hetero) is 1. The molecule has 122 valence electrons. The van der Waals surface area contributed by atoms with E-state index in [-0.39, 0.29) is 24.5 Å². The van der Waals surface area contributed by atoms with Gasteiger partial charge in [0, 0.05) is 5.56 Å². The van der Waals surface area contributed by atoms with E-state index < -0.39 is 11.9 Å². The Bertz CT molecular complexity index is 791. The molecule has 2 rings (SSSR count). The number of amides is 1. The number of hydrogen-bond acceptors (Lipinski definition) is 3. The summed E-state index contributed by atoms with van der Waals surface area (Å²) in [7, 11) is 0. The van der Waals surface area contributed by atoms with Crippen molar-refractivity contribution in [1.82, 2.24) is 5.32 Å². The summed E-state index contributed by atoms with van der Waals surface area (Å²) < 4.78 is 18.4. The van der Waals surface area contributed by atoms with Crippen molar-refractivity contribution in [3.05, 3.63) is 71.0 Å². The summed E-state index contributed by atoms with van der Waals surface area (Å²) in [5, 5.41) is 2.50. The number of rotatable bonds is 4. The Hall–Kier alpha value is -3.13. The second kappa shape index (κ2) is 8.49. The lowest BCUT2D eigenvalue weighted by molar-refractivity contribution is 0.101. The van der Waals surface area contributed by atoms with E-state index in [1.54, 1.807) is 0 Å². The van der Waals surface area contributed by atoms with E-state index in [1.165, 1.54) is 25.1 Å². The molecule has 0 aliphatic heterocycles. The number of hydrogen-bond donors (Lipinski definition) is 1. The Labute approximate surface area is 139 Å². The molecular weight excluding hydrogens is 309 g/mol. The van der Waals surface area contributed by atoms with Crippen LogP contribution in [-0.2, 0) is 11.3 Å². The highest BCUT2D eigenvalue weighted by molar-refractivity contribution is 5.94. The monoisotopic (exact) mass is 325 g/mol. The summed E-state index contributed by atoms with van der Waals surface area (Å²) in [4.78, 5) is 22.8. The third-order valence-electron chi connectivity index (χ3n) is 3.11. The van der Waals surface area contributed by atoms with Crippen LogP contribution in [0.5, 0.6) is 0 Å². The van der Waals surface area contributed by atoms with Crippen LogP contribution in [0.15, 0.2) is 48.5 Å². The molecule has 0 radical (unpaired) electrons. The van der Waals surface area contributed by atoms with Gasteiger partial charge in [-0.3, -0.25) is 4.79 Å². The first kappa shape index (κ1) is 17.2. The van der Waals surface area contributed by atoms with Crippen molar-refractivity contribution in [1.29, 1.82) is 0 Å². The Morgan fingerprint density at radius 3 is 2.62 bits per heavy atom. The number of alkyl carbamates (subject to hydrolysis) is 1. The minimum absolute atomic E-state index is 0.00275. The van der Waals surface area contributed by atoms with E-state index in [4.69, 9.17) is 4.74 Å². The molecular formula is C19H16FNO3. The van der Waals surface area contributed by atoms with Gasteiger partial charge < -0.3 is 10.1 Å². The molecule has 0 atom stereocenters. The lowest BCUT2D eigenvalue weighted by Crippen LogP contribution is -2.24. The standard InChI is InChI=1S/C19H16FNO3/c1-14(22)17-12-15(9-10-18(17)20)8-5-11-21-19(23)24-13-16-6-3-2-4-7-16/h2-4,6-7,9-10,12H,11,13H2,1H3,(H,21,23). The molecule has 5 heteroatoms. The quantitative estimate of drug-likeness (QED) is 0.693. The maximum absolute atomic E-state index is 13.4. The molecule has 0 saturated carbocycles. The van der Waals surface area contributed by atoms with Gasteiger partial charge in [0.1, 0.15) is 12.4 Å². The molecule has 0 spiro atoms. The number of carbonyl (C=O) groups excluding carboxylic acids is 2. The molecule has 0 bridgehead atoms. The average molecular weight is 325 g/mol. The van der Waals surface area contributed by atoms with Crippen LogP contribution in [0.4, 0.5) is 9.18 Å². The highest BCUT2D eigenvalue weighted by Crippen LogP contribution is 2.10. The van der Waals surface area contributed by atoms with E-state index in [9.17, 15) is 14.0 Å². The normalized spacial score (nSPS) is 9.58. The van der Waals surface area contributed by atoms with Crippen LogP contribution in [0.2, 0.25) is 0 Å². The molecule has 0 fully saturated rings. The van der Waals surface area contributed by atoms with Crippen molar-refractivity contribution >= 4 is 11.9 Å². The fraction of sp³-hybridized carbons (Fsp3) is 0.158. The predicted octanol–water partition coefficient (Wildman–Crippen LogP) is 3.31. The number of nitrogens with one attached hydrogen (secondary N) is 1. The molecule has 2 aromatic rings. The zero-order valence-electron chi connectivity index (χ0n) is 13.1. The minimum atomic E-state index is -0.573. The summed E-state index contributed by atoms with van der Waals surface area (Å²) in [5.74, 6) is 4.54. The highest BCUT2D eigenvalue weighted by atomic mass is 19.1. The Kier molecular flexibility index (Phi) is 6.09. The summed E-state index contributed by atoms with van der Waals surface area (Å²) in [6.07, 6.45) is -0.573. The summed E-state index contributed by atoms with van der Waals surface area (Å²) in [6.45, 7) is 1.56. The van der Waals surface area contributed by atoms with Crippen LogP contribution < -0.4 is 5.32 Å². The van der Waals surface area contributed by atoms with Gasteiger partial charge >= 0.3 is 6.09 Å². The van der Waals surface area contributed by atoms with Crippen LogP contribution >= 0.6 is 0 Å². The molecule has 1 N–H and O–H groups in total. The Morgan fingerprint density at radius 2 is 1.92 bits per heavy atom. The second-order valence-corrected chi connectivity index (χ2v) is 4.97. The second-order valence-electron chi connectivity index (χ2n) is 4.97. The largest absolute Gasteiger partial charge is 0.445 e. The average Bonchev–Trinajstić information content (AvgIpc) is 2.59. The van der Waals surface area contributed by atoms with Gasteiger partial charge in [0.25, 0.3) is 0 Å². The molecule has 24 heavy (non-hydrogen) atoms. The third-order valence-corrected chi connectivity index (χ3v) is 3.11. The van der Waals surface area contributed by atoms with Crippen LogP contribution in [0, 0.1) is 17.7 Å². The molecule has 0 unspecified atom stereocenters. The number of ketones is 1. The van der Waals surface area contributed by atoms with Crippen molar-refractivity contribution in [2.45, 2.75) is 13.5 Å². The van der Waals surface area contributed by atoms with Crippen molar-refractivity contribution in [3.63, 3.8) is 0 Å². The molecule has 0 heterocycles. The Balaban J connectivity index is 1.82. The fourth-order valence-corrected chi connectivity index (χ4v) is 1.91. The predicted molar refractivity (Wildman–Crippen MR) is 87.9 cm³/mol. The molecule has 2 aromatic carbocycles. The topological polar surface area (TPSA) is 55.4 Å². The van der Waals surface area contributed by atoms with Gasteiger partial charge in [0.05, 0.1) is 12.1 Å². The molecule has 4 nitrogen and oxygen atoms in total. The van der Waals surface area contributed by atoms with Crippen molar-refractivity contribution < 1.29 is 18.7 Å². The van der Waals surface area contributed by atoms with Gasteiger partial charge in [0.2, 0.25) is 0 Å². The summed E-state index contributed by atoms with van der Waals surface area (Å²) >= 11 is 0. The van der Waals surface area contributed by atoms with Gasteiger partial charge in [-0.1, -0.05) is 42.2 Å². The van der Waals surface area contributed by atoms with E-state index in [0.29, 0.717) is 5.56 Å². The molecule has 0 aliphatic rings. The summed E-state index contributed by atoms with van der Waals surface area (Å²) in [6, 6.07) is 13.4. The smallest absolute Gasteiger partial charge is 0.408 e. The third kappa shape index (κ3) is 5.25. The van der Waals surface area contributed by atoms with Gasteiger partial charge in [-0.25, -0.2) is 9.18 Å². The fourth-order valence-electron chi connectivity index (χ4n) is 1.91. The van der Waals surface area contributed by atoms with Crippen molar-refractivity contribution in [2.75, 3.05) is 6.54 Å². The first-order chi connectivity index (χ1) is 11.6. The minimum Gasteiger partial charge on any atom is -0.445 e. The van der Waals surface area contributed by atoms with E-state index >= 15 is 0 Å². The number of ether oxygens (including phenoxy) is 1. The zero-order chi connectivity index (χ0) is 17.4. The molecule has 0 saturated heterocycles. The van der Waals surface area contributed by atoms with E-state index in [2.05, 4.69) is 17.2 Å². The van der Waals surface area contributed by atoms with Gasteiger partial charge in [-0.05, 0) is 30.7 Å². The highest BCUT2D eigenvalue weighted by Gasteiger charge is 2.06. The van der Waals surface area contributed by atoms with Crippen LogP contribution in [-0.4, -0.2) is 18.4 Å². The van der Waals surface area contributed by atoms with Crippen LogP contribution in [0.3, 0.4) is 0 Å². The lowest BCUT2D eigenvalue weighted by atomic mass is 10.1. The van der Waals surface area contributed by atoms with Gasteiger partial charge in [-0.2, -0.15) is 0 Å². The van der Waals surface area contributed by atoms with Crippen molar-refractivity contribution in [2.24, 2.45) is 0 Å². The van der Waals surface area contributed by atoms with Crippen molar-refractivity contribution in [3.8, 4) is 11.8 Å². The molecule has 0 aliphatic carbocycles. The maximum Gasteiger partial charge on any atom is 0.408 e. The zero-order valence-corrected chi connectivity index (χ0v) is 13.1. The first-order valence-electron chi connectivity index (χ1n) is 7.30. The maximum atomic E-state index is 13.4.